The lowest BCUT2D eigenvalue weighted by Gasteiger charge is -2.37. The largest absolute Gasteiger partial charge is 0.389 e. The molecule has 0 spiro atoms. The minimum absolute atomic E-state index is 0.166. The highest BCUT2D eigenvalue weighted by Gasteiger charge is 2.35. The first-order valence-electron chi connectivity index (χ1n) is 9.79. The van der Waals surface area contributed by atoms with E-state index in [1.54, 1.807) is 6.08 Å². The molecule has 0 bridgehead atoms. The summed E-state index contributed by atoms with van der Waals surface area (Å²) in [7, 11) is 0. The van der Waals surface area contributed by atoms with Gasteiger partial charge < -0.3 is 9.84 Å². The quantitative estimate of drug-likeness (QED) is 0.473. The Morgan fingerprint density at radius 1 is 1.23 bits per heavy atom. The van der Waals surface area contributed by atoms with E-state index in [1.165, 1.54) is 36.3 Å². The average molecular weight is 395 g/mol. The standard InChI is InChI=1S/C22H34O2S2/c1-4-21(23)16-22(25-14-9-15-26-22)13-8-10-18(2)19(3)24-17-20-11-6-5-7-12-20/h4-7,11-12,18-19,21,23H,1,8-10,13-17H2,2-3H3/t18-,19+,21+/m0/s1. The number of hydrogen-bond acceptors (Lipinski definition) is 4. The van der Waals surface area contributed by atoms with Gasteiger partial charge in [-0.05, 0) is 49.2 Å². The molecule has 1 heterocycles. The number of rotatable bonds is 11. The van der Waals surface area contributed by atoms with Crippen LogP contribution in [0, 0.1) is 5.92 Å². The van der Waals surface area contributed by atoms with Crippen LogP contribution in [0.5, 0.6) is 0 Å². The summed E-state index contributed by atoms with van der Waals surface area (Å²) in [6.45, 7) is 8.92. The van der Waals surface area contributed by atoms with Crippen molar-refractivity contribution in [1.29, 1.82) is 0 Å². The van der Waals surface area contributed by atoms with Crippen molar-refractivity contribution in [3.05, 3.63) is 48.6 Å². The van der Waals surface area contributed by atoms with Gasteiger partial charge in [-0.2, -0.15) is 0 Å². The summed E-state index contributed by atoms with van der Waals surface area (Å²) in [4.78, 5) is 0. The molecule has 1 fully saturated rings. The summed E-state index contributed by atoms with van der Waals surface area (Å²) >= 11 is 4.09. The van der Waals surface area contributed by atoms with Crippen molar-refractivity contribution < 1.29 is 9.84 Å². The molecule has 0 saturated carbocycles. The fraction of sp³-hybridized carbons (Fsp3) is 0.636. The fourth-order valence-corrected chi connectivity index (χ4v) is 6.77. The van der Waals surface area contributed by atoms with E-state index < -0.39 is 6.10 Å². The van der Waals surface area contributed by atoms with Crippen molar-refractivity contribution in [2.75, 3.05) is 11.5 Å². The van der Waals surface area contributed by atoms with Crippen LogP contribution in [0.2, 0.25) is 0 Å². The first-order chi connectivity index (χ1) is 12.5. The Kier molecular flexibility index (Phi) is 9.62. The zero-order valence-corrected chi connectivity index (χ0v) is 17.9. The maximum absolute atomic E-state index is 10.1. The second-order valence-corrected chi connectivity index (χ2v) is 10.6. The van der Waals surface area contributed by atoms with E-state index in [0.717, 1.165) is 12.8 Å². The van der Waals surface area contributed by atoms with Crippen molar-refractivity contribution in [3.63, 3.8) is 0 Å². The van der Waals surface area contributed by atoms with Crippen LogP contribution >= 0.6 is 23.5 Å². The molecule has 0 unspecified atom stereocenters. The first kappa shape index (κ1) is 21.9. The summed E-state index contributed by atoms with van der Waals surface area (Å²) in [5, 5.41) is 10.1. The number of aliphatic hydroxyl groups excluding tert-OH is 1. The molecule has 3 atom stereocenters. The van der Waals surface area contributed by atoms with Crippen molar-refractivity contribution in [2.45, 2.75) is 68.8 Å². The van der Waals surface area contributed by atoms with E-state index in [2.05, 4.69) is 44.7 Å². The molecule has 4 heteroatoms. The highest BCUT2D eigenvalue weighted by atomic mass is 32.2. The Morgan fingerprint density at radius 2 is 1.92 bits per heavy atom. The molecule has 0 aliphatic carbocycles. The summed E-state index contributed by atoms with van der Waals surface area (Å²) in [5.41, 5.74) is 1.24. The van der Waals surface area contributed by atoms with Gasteiger partial charge >= 0.3 is 0 Å². The van der Waals surface area contributed by atoms with Crippen molar-refractivity contribution in [3.8, 4) is 0 Å². The van der Waals surface area contributed by atoms with Gasteiger partial charge in [-0.1, -0.05) is 49.8 Å². The number of aliphatic hydroxyl groups is 1. The van der Waals surface area contributed by atoms with Gasteiger partial charge in [0, 0.05) is 6.42 Å². The lowest BCUT2D eigenvalue weighted by atomic mass is 9.97. The van der Waals surface area contributed by atoms with E-state index in [0.29, 0.717) is 12.5 Å². The molecule has 146 valence electrons. The van der Waals surface area contributed by atoms with Gasteiger partial charge in [-0.3, -0.25) is 0 Å². The summed E-state index contributed by atoms with van der Waals surface area (Å²) < 4.78 is 6.24. The Labute approximate surface area is 168 Å². The number of benzene rings is 1. The zero-order valence-electron chi connectivity index (χ0n) is 16.2. The first-order valence-corrected chi connectivity index (χ1v) is 11.8. The lowest BCUT2D eigenvalue weighted by Crippen LogP contribution is -2.30. The highest BCUT2D eigenvalue weighted by Crippen LogP contribution is 2.49. The molecule has 1 aromatic rings. The van der Waals surface area contributed by atoms with E-state index >= 15 is 0 Å². The Bertz CT molecular complexity index is 514. The second kappa shape index (κ2) is 11.4. The monoisotopic (exact) mass is 394 g/mol. The molecule has 1 aliphatic rings. The highest BCUT2D eigenvalue weighted by molar-refractivity contribution is 8.18. The molecule has 1 aromatic carbocycles. The third-order valence-electron chi connectivity index (χ3n) is 5.19. The molecule has 1 N–H and O–H groups in total. The van der Waals surface area contributed by atoms with E-state index in [4.69, 9.17) is 4.74 Å². The zero-order chi connectivity index (χ0) is 18.8. The maximum Gasteiger partial charge on any atom is 0.0739 e. The summed E-state index contributed by atoms with van der Waals surface area (Å²) in [6.07, 6.45) is 7.16. The maximum atomic E-state index is 10.1. The van der Waals surface area contributed by atoms with Crippen molar-refractivity contribution in [2.24, 2.45) is 5.92 Å². The van der Waals surface area contributed by atoms with Gasteiger partial charge in [0.05, 0.1) is 22.9 Å². The van der Waals surface area contributed by atoms with Gasteiger partial charge in [0.15, 0.2) is 0 Å². The Hall–Kier alpha value is -0.420. The van der Waals surface area contributed by atoms with Crippen LogP contribution in [0.3, 0.4) is 0 Å². The van der Waals surface area contributed by atoms with Crippen LogP contribution < -0.4 is 0 Å². The molecular weight excluding hydrogens is 360 g/mol. The topological polar surface area (TPSA) is 29.5 Å². The number of hydrogen-bond donors (Lipinski definition) is 1. The molecule has 0 amide bonds. The van der Waals surface area contributed by atoms with Gasteiger partial charge in [0.1, 0.15) is 0 Å². The van der Waals surface area contributed by atoms with Crippen LogP contribution in [-0.4, -0.2) is 32.9 Å². The molecule has 1 saturated heterocycles. The van der Waals surface area contributed by atoms with Crippen molar-refractivity contribution in [1.82, 2.24) is 0 Å². The van der Waals surface area contributed by atoms with Gasteiger partial charge in [-0.25, -0.2) is 0 Å². The fourth-order valence-electron chi connectivity index (χ4n) is 3.28. The van der Waals surface area contributed by atoms with Crippen LogP contribution in [0.4, 0.5) is 0 Å². The molecule has 1 aliphatic heterocycles. The normalized spacial score (nSPS) is 20.3. The third-order valence-corrected chi connectivity index (χ3v) is 8.67. The van der Waals surface area contributed by atoms with Gasteiger partial charge in [0.2, 0.25) is 0 Å². The number of ether oxygens (including phenoxy) is 1. The number of thioether (sulfide) groups is 2. The van der Waals surface area contributed by atoms with Crippen molar-refractivity contribution >= 4 is 23.5 Å². The molecule has 0 aromatic heterocycles. The van der Waals surface area contributed by atoms with Crippen LogP contribution in [0.15, 0.2) is 43.0 Å². The van der Waals surface area contributed by atoms with Crippen LogP contribution in [-0.2, 0) is 11.3 Å². The average Bonchev–Trinajstić information content (AvgIpc) is 2.67. The Morgan fingerprint density at radius 3 is 2.58 bits per heavy atom. The van der Waals surface area contributed by atoms with Gasteiger partial charge in [0.25, 0.3) is 0 Å². The summed E-state index contributed by atoms with van der Waals surface area (Å²) in [5.74, 6) is 2.96. The minimum Gasteiger partial charge on any atom is -0.389 e. The second-order valence-electron chi connectivity index (χ2n) is 7.34. The molecule has 0 radical (unpaired) electrons. The molecular formula is C22H34O2S2. The molecule has 26 heavy (non-hydrogen) atoms. The summed E-state index contributed by atoms with van der Waals surface area (Å²) in [6, 6.07) is 10.4. The molecule has 2 nitrogen and oxygen atoms in total. The minimum atomic E-state index is -0.390. The van der Waals surface area contributed by atoms with E-state index in [-0.39, 0.29) is 10.2 Å². The predicted octanol–water partition coefficient (Wildman–Crippen LogP) is 5.90. The van der Waals surface area contributed by atoms with Gasteiger partial charge in [-0.15, -0.1) is 30.1 Å². The van der Waals surface area contributed by atoms with E-state index in [9.17, 15) is 5.11 Å². The van der Waals surface area contributed by atoms with Crippen LogP contribution in [0.25, 0.3) is 0 Å². The lowest BCUT2D eigenvalue weighted by molar-refractivity contribution is 0.0153. The SMILES string of the molecule is C=C[C@@H](O)CC1(CCC[C@H](C)[C@@H](C)OCc2ccccc2)SCCCS1. The molecule has 2 rings (SSSR count). The smallest absolute Gasteiger partial charge is 0.0739 e. The van der Waals surface area contributed by atoms with E-state index in [1.807, 2.05) is 29.6 Å². The Balaban J connectivity index is 1.75. The van der Waals surface area contributed by atoms with Crippen LogP contribution in [0.1, 0.15) is 51.5 Å². The third kappa shape index (κ3) is 7.30. The predicted molar refractivity (Wildman–Crippen MR) is 117 cm³/mol.